The zero-order valence-electron chi connectivity index (χ0n) is 14.7. The summed E-state index contributed by atoms with van der Waals surface area (Å²) in [7, 11) is -1.84. The molecule has 1 saturated carbocycles. The summed E-state index contributed by atoms with van der Waals surface area (Å²) in [5.74, 6) is 1.73. The maximum absolute atomic E-state index is 11.2. The highest BCUT2D eigenvalue weighted by Crippen LogP contribution is 2.43. The number of hydrogen-bond donors (Lipinski definition) is 0. The van der Waals surface area contributed by atoms with E-state index in [1.54, 1.807) is 0 Å². The minimum atomic E-state index is -1.84. The fraction of sp³-hybridized carbons (Fsp3) is 0.632. The van der Waals surface area contributed by atoms with Crippen LogP contribution in [0.5, 0.6) is 5.75 Å². The lowest BCUT2D eigenvalue weighted by atomic mass is 9.78. The molecular formula is C19H30O2Si. The Morgan fingerprint density at radius 3 is 2.50 bits per heavy atom. The van der Waals surface area contributed by atoms with E-state index < -0.39 is 8.32 Å². The summed E-state index contributed by atoms with van der Waals surface area (Å²) in [4.78, 5) is 11.2. The van der Waals surface area contributed by atoms with Gasteiger partial charge in [0.15, 0.2) is 0 Å². The van der Waals surface area contributed by atoms with Gasteiger partial charge in [-0.25, -0.2) is 0 Å². The lowest BCUT2D eigenvalue weighted by Gasteiger charge is -2.38. The summed E-state index contributed by atoms with van der Waals surface area (Å²) in [6.45, 7) is 11.4. The van der Waals surface area contributed by atoms with Crippen molar-refractivity contribution in [2.45, 2.75) is 70.5 Å². The molecule has 0 aliphatic heterocycles. The highest BCUT2D eigenvalue weighted by atomic mass is 28.4. The van der Waals surface area contributed by atoms with E-state index in [1.807, 2.05) is 0 Å². The minimum absolute atomic E-state index is 0.192. The molecule has 122 valence electrons. The van der Waals surface area contributed by atoms with Crippen LogP contribution in [0.3, 0.4) is 0 Å². The largest absolute Gasteiger partial charge is 0.543 e. The number of aldehydes is 1. The summed E-state index contributed by atoms with van der Waals surface area (Å²) >= 11 is 0. The average Bonchev–Trinajstić information content (AvgIpc) is 2.46. The number of rotatable bonds is 4. The van der Waals surface area contributed by atoms with Gasteiger partial charge in [-0.15, -0.1) is 0 Å². The normalized spacial score (nSPS) is 23.1. The molecule has 3 heteroatoms. The molecule has 1 fully saturated rings. The molecule has 1 aliphatic rings. The molecule has 0 heterocycles. The smallest absolute Gasteiger partial charge is 0.250 e. The first-order chi connectivity index (χ1) is 10.2. The lowest BCUT2D eigenvalue weighted by molar-refractivity contribution is -0.112. The molecule has 0 saturated heterocycles. The van der Waals surface area contributed by atoms with Crippen molar-refractivity contribution in [1.82, 2.24) is 0 Å². The van der Waals surface area contributed by atoms with Crippen molar-refractivity contribution < 1.29 is 9.22 Å². The minimum Gasteiger partial charge on any atom is -0.543 e. The van der Waals surface area contributed by atoms with Gasteiger partial charge in [0.25, 0.3) is 0 Å². The standard InChI is InChI=1S/C19H30O2Si/c1-19(2,3)22(4,5)21-18-12-7-6-11-17(18)16-10-8-9-15(13-16)14-20/h6-7,11-12,14-16H,8-10,13H2,1-5H3. The van der Waals surface area contributed by atoms with Gasteiger partial charge in [-0.3, -0.25) is 0 Å². The fourth-order valence-electron chi connectivity index (χ4n) is 2.97. The number of carbonyl (C=O) groups is 1. The van der Waals surface area contributed by atoms with Gasteiger partial charge in [0.2, 0.25) is 8.32 Å². The van der Waals surface area contributed by atoms with Gasteiger partial charge in [0, 0.05) is 5.92 Å². The Hall–Kier alpha value is -1.09. The SMILES string of the molecule is CC(C)(C)[Si](C)(C)Oc1ccccc1C1CCCC(C=O)C1. The zero-order chi connectivity index (χ0) is 16.4. The van der Waals surface area contributed by atoms with Gasteiger partial charge in [0.05, 0.1) is 0 Å². The van der Waals surface area contributed by atoms with Crippen molar-refractivity contribution in [2.75, 3.05) is 0 Å². The molecule has 1 aromatic rings. The van der Waals surface area contributed by atoms with Crippen LogP contribution in [-0.4, -0.2) is 14.6 Å². The van der Waals surface area contributed by atoms with Crippen molar-refractivity contribution in [2.24, 2.45) is 5.92 Å². The molecule has 22 heavy (non-hydrogen) atoms. The Morgan fingerprint density at radius 2 is 1.86 bits per heavy atom. The fourth-order valence-corrected chi connectivity index (χ4v) is 4.01. The molecule has 0 aromatic heterocycles. The van der Waals surface area contributed by atoms with Crippen molar-refractivity contribution in [3.8, 4) is 5.75 Å². The van der Waals surface area contributed by atoms with Gasteiger partial charge in [-0.05, 0) is 54.9 Å². The molecule has 2 unspecified atom stereocenters. The summed E-state index contributed by atoms with van der Waals surface area (Å²) in [5.41, 5.74) is 1.30. The Bertz CT molecular complexity index is 516. The molecule has 0 N–H and O–H groups in total. The topological polar surface area (TPSA) is 26.3 Å². The highest BCUT2D eigenvalue weighted by Gasteiger charge is 2.39. The zero-order valence-corrected chi connectivity index (χ0v) is 15.7. The summed E-state index contributed by atoms with van der Waals surface area (Å²) in [6, 6.07) is 8.46. The monoisotopic (exact) mass is 318 g/mol. The van der Waals surface area contributed by atoms with Crippen LogP contribution in [0.4, 0.5) is 0 Å². The second-order valence-electron chi connectivity index (χ2n) is 8.16. The van der Waals surface area contributed by atoms with Crippen LogP contribution < -0.4 is 4.43 Å². The lowest BCUT2D eigenvalue weighted by Crippen LogP contribution is -2.44. The summed E-state index contributed by atoms with van der Waals surface area (Å²) in [5, 5.41) is 0.192. The maximum atomic E-state index is 11.2. The van der Waals surface area contributed by atoms with E-state index in [2.05, 4.69) is 58.1 Å². The van der Waals surface area contributed by atoms with Crippen molar-refractivity contribution in [3.05, 3.63) is 29.8 Å². The van der Waals surface area contributed by atoms with Crippen LogP contribution in [0.25, 0.3) is 0 Å². The van der Waals surface area contributed by atoms with Gasteiger partial charge >= 0.3 is 0 Å². The second-order valence-corrected chi connectivity index (χ2v) is 12.9. The van der Waals surface area contributed by atoms with E-state index in [0.29, 0.717) is 5.92 Å². The third-order valence-electron chi connectivity index (χ3n) is 5.44. The number of benzene rings is 1. The van der Waals surface area contributed by atoms with Crippen molar-refractivity contribution in [1.29, 1.82) is 0 Å². The van der Waals surface area contributed by atoms with Gasteiger partial charge < -0.3 is 9.22 Å². The Labute approximate surface area is 136 Å². The van der Waals surface area contributed by atoms with Crippen LogP contribution in [0.15, 0.2) is 24.3 Å². The van der Waals surface area contributed by atoms with E-state index in [9.17, 15) is 4.79 Å². The number of para-hydroxylation sites is 1. The van der Waals surface area contributed by atoms with E-state index in [-0.39, 0.29) is 11.0 Å². The van der Waals surface area contributed by atoms with Crippen LogP contribution in [-0.2, 0) is 4.79 Å². The second kappa shape index (κ2) is 6.57. The quantitative estimate of drug-likeness (QED) is 0.538. The predicted octanol–water partition coefficient (Wildman–Crippen LogP) is 5.54. The molecule has 0 radical (unpaired) electrons. The van der Waals surface area contributed by atoms with E-state index in [1.165, 1.54) is 12.0 Å². The Kier molecular flexibility index (Phi) is 5.16. The highest BCUT2D eigenvalue weighted by molar-refractivity contribution is 6.74. The molecule has 0 amide bonds. The summed E-state index contributed by atoms with van der Waals surface area (Å²) in [6.07, 6.45) is 5.47. The number of hydrogen-bond acceptors (Lipinski definition) is 2. The third-order valence-corrected chi connectivity index (χ3v) is 9.78. The van der Waals surface area contributed by atoms with Crippen molar-refractivity contribution in [3.63, 3.8) is 0 Å². The molecule has 1 aromatic carbocycles. The van der Waals surface area contributed by atoms with Crippen molar-refractivity contribution >= 4 is 14.6 Å². The van der Waals surface area contributed by atoms with Crippen LogP contribution in [0.2, 0.25) is 18.1 Å². The molecule has 0 bridgehead atoms. The van der Waals surface area contributed by atoms with E-state index >= 15 is 0 Å². The molecular weight excluding hydrogens is 288 g/mol. The first kappa shape index (κ1) is 17.3. The summed E-state index contributed by atoms with van der Waals surface area (Å²) < 4.78 is 6.57. The first-order valence-corrected chi connectivity index (χ1v) is 11.4. The first-order valence-electron chi connectivity index (χ1n) is 8.48. The Balaban J connectivity index is 2.25. The molecule has 2 nitrogen and oxygen atoms in total. The van der Waals surface area contributed by atoms with Crippen LogP contribution in [0.1, 0.15) is 57.9 Å². The maximum Gasteiger partial charge on any atom is 0.250 e. The predicted molar refractivity (Wildman–Crippen MR) is 95.0 cm³/mol. The van der Waals surface area contributed by atoms with Gasteiger partial charge in [0.1, 0.15) is 12.0 Å². The average molecular weight is 319 g/mol. The van der Waals surface area contributed by atoms with E-state index in [0.717, 1.165) is 31.3 Å². The molecule has 0 spiro atoms. The molecule has 2 rings (SSSR count). The number of carbonyl (C=O) groups excluding carboxylic acids is 1. The molecule has 1 aliphatic carbocycles. The Morgan fingerprint density at radius 1 is 1.18 bits per heavy atom. The van der Waals surface area contributed by atoms with Crippen LogP contribution >= 0.6 is 0 Å². The molecule has 2 atom stereocenters. The van der Waals surface area contributed by atoms with E-state index in [4.69, 9.17) is 4.43 Å². The third kappa shape index (κ3) is 3.81. The van der Waals surface area contributed by atoms with Crippen LogP contribution in [0, 0.1) is 5.92 Å². The van der Waals surface area contributed by atoms with Gasteiger partial charge in [-0.1, -0.05) is 45.4 Å². The van der Waals surface area contributed by atoms with Gasteiger partial charge in [-0.2, -0.15) is 0 Å².